The highest BCUT2D eigenvalue weighted by molar-refractivity contribution is 6.25. The number of carbonyl (C=O) groups is 2. The average molecular weight is 386 g/mol. The monoisotopic (exact) mass is 386 g/mol. The quantitative estimate of drug-likeness (QED) is 0.609. The molecule has 1 atom stereocenters. The van der Waals surface area contributed by atoms with Crippen molar-refractivity contribution in [2.75, 3.05) is 11.4 Å². The van der Waals surface area contributed by atoms with Gasteiger partial charge < -0.3 is 10.2 Å². The molecular formula is C25H26N2O2. The van der Waals surface area contributed by atoms with Crippen molar-refractivity contribution in [1.82, 2.24) is 5.32 Å². The second-order valence-electron chi connectivity index (χ2n) is 7.73. The first kappa shape index (κ1) is 19.2. The number of anilines is 1. The third kappa shape index (κ3) is 4.16. The van der Waals surface area contributed by atoms with E-state index in [-0.39, 0.29) is 17.9 Å². The molecule has 1 N–H and O–H groups in total. The molecule has 1 aliphatic rings. The molecule has 4 rings (SSSR count). The van der Waals surface area contributed by atoms with Crippen molar-refractivity contribution >= 4 is 28.3 Å². The Bertz CT molecular complexity index is 1020. The molecule has 148 valence electrons. The number of hydrogen-bond donors (Lipinski definition) is 1. The number of aryl methyl sites for hydroxylation is 1. The number of nitrogens with one attached hydrogen (secondary N) is 1. The Morgan fingerprint density at radius 3 is 2.55 bits per heavy atom. The van der Waals surface area contributed by atoms with Gasteiger partial charge in [0.25, 0.3) is 5.91 Å². The predicted molar refractivity (Wildman–Crippen MR) is 117 cm³/mol. The van der Waals surface area contributed by atoms with E-state index in [9.17, 15) is 9.59 Å². The van der Waals surface area contributed by atoms with Crippen LogP contribution >= 0.6 is 0 Å². The van der Waals surface area contributed by atoms with Crippen LogP contribution in [0.25, 0.3) is 10.8 Å². The zero-order chi connectivity index (χ0) is 20.2. The van der Waals surface area contributed by atoms with E-state index >= 15 is 0 Å². The van der Waals surface area contributed by atoms with E-state index in [1.807, 2.05) is 66.4 Å². The first-order valence-corrected chi connectivity index (χ1v) is 10.3. The highest BCUT2D eigenvalue weighted by Gasteiger charge is 2.29. The molecule has 0 radical (unpaired) electrons. The lowest BCUT2D eigenvalue weighted by molar-refractivity contribution is -0.121. The number of carbonyl (C=O) groups excluding carboxylic acids is 2. The summed E-state index contributed by atoms with van der Waals surface area (Å²) in [7, 11) is 0. The Balaban J connectivity index is 1.27. The van der Waals surface area contributed by atoms with Gasteiger partial charge in [0.1, 0.15) is 0 Å². The molecule has 0 saturated carbocycles. The Morgan fingerprint density at radius 1 is 1.00 bits per heavy atom. The van der Waals surface area contributed by atoms with Crippen LogP contribution in [0.3, 0.4) is 0 Å². The van der Waals surface area contributed by atoms with Crippen molar-refractivity contribution in [1.29, 1.82) is 0 Å². The van der Waals surface area contributed by atoms with Crippen molar-refractivity contribution in [3.8, 4) is 0 Å². The molecule has 1 aliphatic heterocycles. The Morgan fingerprint density at radius 2 is 1.76 bits per heavy atom. The molecule has 0 spiro atoms. The maximum Gasteiger partial charge on any atom is 0.258 e. The Hall–Kier alpha value is -3.14. The Labute approximate surface area is 171 Å². The summed E-state index contributed by atoms with van der Waals surface area (Å²) in [6.45, 7) is 2.60. The van der Waals surface area contributed by atoms with Gasteiger partial charge >= 0.3 is 0 Å². The van der Waals surface area contributed by atoms with Crippen molar-refractivity contribution < 1.29 is 9.59 Å². The number of rotatable bonds is 8. The highest BCUT2D eigenvalue weighted by atomic mass is 16.2. The molecule has 0 aromatic heterocycles. The summed E-state index contributed by atoms with van der Waals surface area (Å²) >= 11 is 0. The standard InChI is InChI=1S/C25H26N2O2/c1-18(15-16-19-8-3-2-4-9-19)26-23(28)14-7-17-27-22-13-6-11-20-10-5-12-21(24(20)22)25(27)29/h2-6,8-13,18H,7,14-17H2,1H3,(H,26,28)/t18-/m1/s1. The summed E-state index contributed by atoms with van der Waals surface area (Å²) < 4.78 is 0. The van der Waals surface area contributed by atoms with E-state index < -0.39 is 0 Å². The largest absolute Gasteiger partial charge is 0.354 e. The van der Waals surface area contributed by atoms with E-state index in [1.165, 1.54) is 5.56 Å². The van der Waals surface area contributed by atoms with Crippen LogP contribution in [0.15, 0.2) is 66.7 Å². The van der Waals surface area contributed by atoms with Crippen molar-refractivity contribution in [3.63, 3.8) is 0 Å². The van der Waals surface area contributed by atoms with E-state index in [2.05, 4.69) is 17.4 Å². The average Bonchev–Trinajstić information content (AvgIpc) is 3.01. The molecule has 0 aliphatic carbocycles. The Kier molecular flexibility index (Phi) is 5.61. The minimum absolute atomic E-state index is 0.0356. The minimum Gasteiger partial charge on any atom is -0.354 e. The van der Waals surface area contributed by atoms with Gasteiger partial charge in [-0.3, -0.25) is 9.59 Å². The number of nitrogens with zero attached hydrogens (tertiary/aromatic N) is 1. The van der Waals surface area contributed by atoms with Gasteiger partial charge in [-0.15, -0.1) is 0 Å². The van der Waals surface area contributed by atoms with Gasteiger partial charge in [-0.05, 0) is 49.3 Å². The third-order valence-electron chi connectivity index (χ3n) is 5.55. The molecule has 4 heteroatoms. The summed E-state index contributed by atoms with van der Waals surface area (Å²) in [4.78, 5) is 26.9. The van der Waals surface area contributed by atoms with E-state index in [0.29, 0.717) is 19.4 Å². The second-order valence-corrected chi connectivity index (χ2v) is 7.73. The van der Waals surface area contributed by atoms with Crippen LogP contribution in [0.4, 0.5) is 5.69 Å². The van der Waals surface area contributed by atoms with Gasteiger partial charge in [-0.25, -0.2) is 0 Å². The summed E-state index contributed by atoms with van der Waals surface area (Å²) in [5, 5.41) is 5.19. The molecule has 0 saturated heterocycles. The summed E-state index contributed by atoms with van der Waals surface area (Å²) in [5.41, 5.74) is 3.01. The zero-order valence-electron chi connectivity index (χ0n) is 16.7. The van der Waals surface area contributed by atoms with Crippen molar-refractivity contribution in [2.24, 2.45) is 0 Å². The smallest absolute Gasteiger partial charge is 0.258 e. The molecule has 1 heterocycles. The lowest BCUT2D eigenvalue weighted by atomic mass is 10.1. The third-order valence-corrected chi connectivity index (χ3v) is 5.55. The number of hydrogen-bond acceptors (Lipinski definition) is 2. The van der Waals surface area contributed by atoms with E-state index in [0.717, 1.165) is 34.9 Å². The molecule has 0 fully saturated rings. The maximum absolute atomic E-state index is 12.8. The van der Waals surface area contributed by atoms with Crippen LogP contribution in [0.2, 0.25) is 0 Å². The first-order valence-electron chi connectivity index (χ1n) is 10.3. The van der Waals surface area contributed by atoms with Gasteiger partial charge in [-0.1, -0.05) is 54.6 Å². The fourth-order valence-electron chi connectivity index (χ4n) is 4.05. The van der Waals surface area contributed by atoms with Crippen LogP contribution in [-0.4, -0.2) is 24.4 Å². The zero-order valence-corrected chi connectivity index (χ0v) is 16.7. The first-order chi connectivity index (χ1) is 14.1. The molecule has 2 amide bonds. The molecule has 0 unspecified atom stereocenters. The molecule has 4 nitrogen and oxygen atoms in total. The molecule has 29 heavy (non-hydrogen) atoms. The van der Waals surface area contributed by atoms with Gasteiger partial charge in [0, 0.05) is 30.0 Å². The molecule has 3 aromatic carbocycles. The fourth-order valence-corrected chi connectivity index (χ4v) is 4.05. The van der Waals surface area contributed by atoms with Crippen LogP contribution in [0.1, 0.15) is 42.1 Å². The van der Waals surface area contributed by atoms with Crippen LogP contribution in [0.5, 0.6) is 0 Å². The lowest BCUT2D eigenvalue weighted by Gasteiger charge is -2.18. The molecule has 3 aromatic rings. The second kappa shape index (κ2) is 8.48. The number of amides is 2. The van der Waals surface area contributed by atoms with Crippen LogP contribution in [-0.2, 0) is 11.2 Å². The summed E-state index contributed by atoms with van der Waals surface area (Å²) in [6, 6.07) is 22.3. The van der Waals surface area contributed by atoms with E-state index in [1.54, 1.807) is 0 Å². The SMILES string of the molecule is C[C@H](CCc1ccccc1)NC(=O)CCCN1C(=O)c2cccc3cccc1c23. The van der Waals surface area contributed by atoms with Crippen molar-refractivity contribution in [2.45, 2.75) is 38.6 Å². The van der Waals surface area contributed by atoms with Gasteiger partial charge in [0.05, 0.1) is 5.69 Å². The summed E-state index contributed by atoms with van der Waals surface area (Å²) in [6.07, 6.45) is 2.93. The minimum atomic E-state index is 0.0356. The van der Waals surface area contributed by atoms with Crippen LogP contribution in [0, 0.1) is 0 Å². The molecular weight excluding hydrogens is 360 g/mol. The fraction of sp³-hybridized carbons (Fsp3) is 0.280. The summed E-state index contributed by atoms with van der Waals surface area (Å²) in [5.74, 6) is 0.0846. The van der Waals surface area contributed by atoms with Gasteiger partial charge in [-0.2, -0.15) is 0 Å². The lowest BCUT2D eigenvalue weighted by Crippen LogP contribution is -2.34. The topological polar surface area (TPSA) is 49.4 Å². The van der Waals surface area contributed by atoms with Crippen LogP contribution < -0.4 is 10.2 Å². The van der Waals surface area contributed by atoms with Crippen molar-refractivity contribution in [3.05, 3.63) is 77.9 Å². The molecule has 0 bridgehead atoms. The predicted octanol–water partition coefficient (Wildman–Crippen LogP) is 4.72. The highest BCUT2D eigenvalue weighted by Crippen LogP contribution is 2.37. The van der Waals surface area contributed by atoms with E-state index in [4.69, 9.17) is 0 Å². The normalized spacial score (nSPS) is 13.7. The van der Waals surface area contributed by atoms with Gasteiger partial charge in [0.15, 0.2) is 0 Å². The number of benzene rings is 3. The van der Waals surface area contributed by atoms with Gasteiger partial charge in [0.2, 0.25) is 5.91 Å². The maximum atomic E-state index is 12.8.